The highest BCUT2D eigenvalue weighted by Gasteiger charge is 2.21. The quantitative estimate of drug-likeness (QED) is 0.652. The van der Waals surface area contributed by atoms with Gasteiger partial charge in [-0.1, -0.05) is 23.5 Å². The van der Waals surface area contributed by atoms with Gasteiger partial charge in [-0.05, 0) is 12.5 Å². The van der Waals surface area contributed by atoms with Gasteiger partial charge < -0.3 is 21.3 Å². The molecule has 0 spiro atoms. The summed E-state index contributed by atoms with van der Waals surface area (Å²) in [6.45, 7) is 1.71. The molecule has 0 aliphatic carbocycles. The summed E-state index contributed by atoms with van der Waals surface area (Å²) < 4.78 is 0.869. The number of nitrogens with one attached hydrogen (secondary N) is 1. The summed E-state index contributed by atoms with van der Waals surface area (Å²) in [5.74, 6) is -0.166. The van der Waals surface area contributed by atoms with Crippen molar-refractivity contribution in [3.05, 3.63) is 23.8 Å². The van der Waals surface area contributed by atoms with E-state index in [1.165, 1.54) is 18.3 Å². The second-order valence-electron chi connectivity index (χ2n) is 4.53. The molecular formula is C13H17N3O3S. The fraction of sp³-hybridized carbons (Fsp3) is 0.385. The summed E-state index contributed by atoms with van der Waals surface area (Å²) >= 11 is 1.33. The topological polar surface area (TPSA) is 108 Å². The number of fused-ring (bicyclic) bond motifs is 1. The molecule has 0 saturated carbocycles. The number of nitrogens with zero attached hydrogens (tertiary/aromatic N) is 1. The molecular weight excluding hydrogens is 278 g/mol. The van der Waals surface area contributed by atoms with Crippen LogP contribution in [0.4, 0.5) is 5.13 Å². The van der Waals surface area contributed by atoms with Gasteiger partial charge >= 0.3 is 0 Å². The van der Waals surface area contributed by atoms with E-state index >= 15 is 0 Å². The summed E-state index contributed by atoms with van der Waals surface area (Å²) in [5, 5.41) is 23.2. The molecule has 0 radical (unpaired) electrons. The molecule has 1 amide bonds. The van der Waals surface area contributed by atoms with E-state index in [4.69, 9.17) is 5.73 Å². The van der Waals surface area contributed by atoms with E-state index in [0.717, 1.165) is 4.70 Å². The molecule has 0 aliphatic heterocycles. The number of amides is 1. The van der Waals surface area contributed by atoms with E-state index in [-0.39, 0.29) is 12.3 Å². The molecule has 5 N–H and O–H groups in total. The molecule has 6 nitrogen and oxygen atoms in total. The van der Waals surface area contributed by atoms with Crippen LogP contribution in [0.25, 0.3) is 10.2 Å². The van der Waals surface area contributed by atoms with Crippen molar-refractivity contribution in [2.24, 2.45) is 0 Å². The Bertz CT molecular complexity index is 614. The van der Waals surface area contributed by atoms with Crippen LogP contribution < -0.4 is 11.1 Å². The summed E-state index contributed by atoms with van der Waals surface area (Å²) in [6.07, 6.45) is -1.78. The third-order valence-corrected chi connectivity index (χ3v) is 3.81. The average Bonchev–Trinajstić information content (AvgIpc) is 2.77. The average molecular weight is 295 g/mol. The highest BCUT2D eigenvalue weighted by Crippen LogP contribution is 2.31. The summed E-state index contributed by atoms with van der Waals surface area (Å²) in [5.41, 5.74) is 6.82. The number of benzene rings is 1. The van der Waals surface area contributed by atoms with Gasteiger partial charge in [0.25, 0.3) is 0 Å². The van der Waals surface area contributed by atoms with Crippen LogP contribution in [0.15, 0.2) is 18.2 Å². The lowest BCUT2D eigenvalue weighted by Gasteiger charge is -2.18. The minimum Gasteiger partial charge on any atom is -0.390 e. The van der Waals surface area contributed by atoms with Crippen molar-refractivity contribution in [2.75, 3.05) is 12.3 Å². The zero-order valence-electron chi connectivity index (χ0n) is 11.0. The maximum Gasteiger partial charge on any atom is 0.216 e. The number of aliphatic hydroxyl groups is 2. The predicted molar refractivity (Wildman–Crippen MR) is 78.3 cm³/mol. The number of carbonyl (C=O) groups is 1. The van der Waals surface area contributed by atoms with Gasteiger partial charge in [-0.3, -0.25) is 4.79 Å². The molecule has 0 aliphatic rings. The number of aliphatic hydroxyl groups excluding tert-OH is 2. The number of para-hydroxylation sites is 1. The minimum atomic E-state index is -1.06. The molecule has 1 heterocycles. The highest BCUT2D eigenvalue weighted by molar-refractivity contribution is 7.22. The summed E-state index contributed by atoms with van der Waals surface area (Å²) in [4.78, 5) is 14.9. The molecule has 1 aromatic heterocycles. The zero-order valence-corrected chi connectivity index (χ0v) is 11.9. The van der Waals surface area contributed by atoms with Gasteiger partial charge in [-0.25, -0.2) is 4.98 Å². The van der Waals surface area contributed by atoms with Gasteiger partial charge in [-0.15, -0.1) is 0 Å². The number of thiazole rings is 1. The Morgan fingerprint density at radius 2 is 2.25 bits per heavy atom. The van der Waals surface area contributed by atoms with Crippen molar-refractivity contribution >= 4 is 32.6 Å². The van der Waals surface area contributed by atoms with Crippen molar-refractivity contribution in [3.8, 4) is 0 Å². The van der Waals surface area contributed by atoms with Gasteiger partial charge in [0.2, 0.25) is 5.91 Å². The Balaban J connectivity index is 2.13. The van der Waals surface area contributed by atoms with Crippen LogP contribution in [-0.4, -0.2) is 33.8 Å². The molecule has 2 aromatic rings. The summed E-state index contributed by atoms with van der Waals surface area (Å²) in [7, 11) is 0. The molecule has 0 saturated heterocycles. The van der Waals surface area contributed by atoms with Gasteiger partial charge in [0.15, 0.2) is 5.13 Å². The second kappa shape index (κ2) is 6.17. The SMILES string of the molecule is CC(=O)NCCC(O)C(O)c1cccc2sc(N)nc12. The van der Waals surface area contributed by atoms with Gasteiger partial charge in [-0.2, -0.15) is 0 Å². The highest BCUT2D eigenvalue weighted by atomic mass is 32.1. The third-order valence-electron chi connectivity index (χ3n) is 2.96. The van der Waals surface area contributed by atoms with Crippen molar-refractivity contribution in [2.45, 2.75) is 25.6 Å². The zero-order chi connectivity index (χ0) is 14.7. The van der Waals surface area contributed by atoms with E-state index in [2.05, 4.69) is 10.3 Å². The lowest BCUT2D eigenvalue weighted by Crippen LogP contribution is -2.27. The molecule has 2 unspecified atom stereocenters. The molecule has 0 bridgehead atoms. The summed E-state index contributed by atoms with van der Waals surface area (Å²) in [6, 6.07) is 5.37. The molecule has 20 heavy (non-hydrogen) atoms. The number of aromatic nitrogens is 1. The van der Waals surface area contributed by atoms with Gasteiger partial charge in [0.1, 0.15) is 6.10 Å². The van der Waals surface area contributed by atoms with Crippen LogP contribution in [0.3, 0.4) is 0 Å². The van der Waals surface area contributed by atoms with Crippen molar-refractivity contribution < 1.29 is 15.0 Å². The molecule has 2 atom stereocenters. The van der Waals surface area contributed by atoms with Crippen LogP contribution in [-0.2, 0) is 4.79 Å². The first-order valence-electron chi connectivity index (χ1n) is 6.24. The number of hydrogen-bond donors (Lipinski definition) is 4. The standard InChI is InChI=1S/C13H17N3O3S/c1-7(17)15-6-5-9(18)12(19)8-3-2-4-10-11(8)16-13(14)20-10/h2-4,9,12,18-19H,5-6H2,1H3,(H2,14,16)(H,15,17). The molecule has 7 heteroatoms. The number of hydrogen-bond acceptors (Lipinski definition) is 6. The Morgan fingerprint density at radius 3 is 2.95 bits per heavy atom. The van der Waals surface area contributed by atoms with Crippen molar-refractivity contribution in [1.82, 2.24) is 10.3 Å². The number of rotatable bonds is 5. The lowest BCUT2D eigenvalue weighted by atomic mass is 10.0. The Labute approximate surface area is 120 Å². The van der Waals surface area contributed by atoms with Crippen molar-refractivity contribution in [1.29, 1.82) is 0 Å². The Morgan fingerprint density at radius 1 is 1.50 bits per heavy atom. The van der Waals surface area contributed by atoms with E-state index in [9.17, 15) is 15.0 Å². The molecule has 108 valence electrons. The Hall–Kier alpha value is -1.70. The largest absolute Gasteiger partial charge is 0.390 e. The number of nitrogens with two attached hydrogens (primary N) is 1. The maximum absolute atomic E-state index is 10.8. The van der Waals surface area contributed by atoms with Crippen LogP contribution >= 0.6 is 11.3 Å². The first kappa shape index (κ1) is 14.7. The fourth-order valence-corrected chi connectivity index (χ4v) is 2.76. The normalized spacial score (nSPS) is 14.2. The van der Waals surface area contributed by atoms with Crippen LogP contribution in [0.5, 0.6) is 0 Å². The molecule has 0 fully saturated rings. The molecule has 1 aromatic carbocycles. The van der Waals surface area contributed by atoms with Gasteiger partial charge in [0.05, 0.1) is 16.3 Å². The maximum atomic E-state index is 10.8. The van der Waals surface area contributed by atoms with E-state index < -0.39 is 12.2 Å². The van der Waals surface area contributed by atoms with E-state index in [1.807, 2.05) is 6.07 Å². The predicted octanol–water partition coefficient (Wildman–Crippen LogP) is 0.799. The van der Waals surface area contributed by atoms with E-state index in [0.29, 0.717) is 22.8 Å². The smallest absolute Gasteiger partial charge is 0.216 e. The van der Waals surface area contributed by atoms with Gasteiger partial charge in [0, 0.05) is 19.0 Å². The number of nitrogen functional groups attached to an aromatic ring is 1. The monoisotopic (exact) mass is 295 g/mol. The number of anilines is 1. The fourth-order valence-electron chi connectivity index (χ4n) is 1.99. The number of carbonyl (C=O) groups excluding carboxylic acids is 1. The third kappa shape index (κ3) is 3.24. The van der Waals surface area contributed by atoms with Crippen LogP contribution in [0.1, 0.15) is 25.0 Å². The first-order valence-corrected chi connectivity index (χ1v) is 7.06. The minimum absolute atomic E-state index is 0.166. The van der Waals surface area contributed by atoms with Crippen LogP contribution in [0, 0.1) is 0 Å². The molecule has 2 rings (SSSR count). The second-order valence-corrected chi connectivity index (χ2v) is 5.59. The Kier molecular flexibility index (Phi) is 4.53. The lowest BCUT2D eigenvalue weighted by molar-refractivity contribution is -0.119. The van der Waals surface area contributed by atoms with E-state index in [1.54, 1.807) is 12.1 Å². The van der Waals surface area contributed by atoms with Crippen LogP contribution in [0.2, 0.25) is 0 Å². The first-order chi connectivity index (χ1) is 9.49. The van der Waals surface area contributed by atoms with Crippen molar-refractivity contribution in [3.63, 3.8) is 0 Å².